The fraction of sp³-hybridized carbons (Fsp3) is 0.278. The van der Waals surface area contributed by atoms with Crippen LogP contribution in [0.1, 0.15) is 18.9 Å². The van der Waals surface area contributed by atoms with Crippen LogP contribution in [0.4, 0.5) is 0 Å². The molecule has 5 nitrogen and oxygen atoms in total. The van der Waals surface area contributed by atoms with E-state index in [9.17, 15) is 8.42 Å². The first-order chi connectivity index (χ1) is 11.3. The molecule has 0 heterocycles. The number of sulfone groups is 1. The van der Waals surface area contributed by atoms with Gasteiger partial charge in [0.1, 0.15) is 5.75 Å². The van der Waals surface area contributed by atoms with Crippen LogP contribution < -0.4 is 4.74 Å². The van der Waals surface area contributed by atoms with Crippen molar-refractivity contribution in [2.45, 2.75) is 24.7 Å². The molecule has 2 aromatic carbocycles. The second-order valence-corrected chi connectivity index (χ2v) is 7.21. The van der Waals surface area contributed by atoms with Crippen LogP contribution in [0.15, 0.2) is 59.5 Å². The van der Waals surface area contributed by atoms with E-state index in [1.807, 2.05) is 30.3 Å². The fourth-order valence-electron chi connectivity index (χ4n) is 2.01. The molecule has 0 aliphatic heterocycles. The van der Waals surface area contributed by atoms with E-state index in [1.54, 1.807) is 31.4 Å². The van der Waals surface area contributed by atoms with Crippen molar-refractivity contribution >= 4 is 15.8 Å². The summed E-state index contributed by atoms with van der Waals surface area (Å²) in [4.78, 5) is 9.35. The average Bonchev–Trinajstić information content (AvgIpc) is 2.55. The van der Waals surface area contributed by atoms with Gasteiger partial charge >= 0.3 is 0 Å². The summed E-state index contributed by atoms with van der Waals surface area (Å²) in [5.74, 6) is -0.0120. The summed E-state index contributed by atoms with van der Waals surface area (Å²) in [7, 11) is -1.65. The zero-order chi connectivity index (χ0) is 18.0. The van der Waals surface area contributed by atoms with Crippen LogP contribution in [-0.4, -0.2) is 32.4 Å². The van der Waals surface area contributed by atoms with Crippen molar-refractivity contribution in [2.75, 3.05) is 12.9 Å². The Bertz CT molecular complexity index is 718. The molecule has 0 saturated heterocycles. The van der Waals surface area contributed by atoms with Crippen LogP contribution in [0, 0.1) is 0 Å². The summed E-state index contributed by atoms with van der Waals surface area (Å²) in [6.07, 6.45) is 1.40. The summed E-state index contributed by atoms with van der Waals surface area (Å²) < 4.78 is 29.4. The molecule has 130 valence electrons. The third-order valence-electron chi connectivity index (χ3n) is 3.14. The highest BCUT2D eigenvalue weighted by Gasteiger charge is 2.13. The largest absolute Gasteiger partial charge is 0.497 e. The molecule has 0 aromatic heterocycles. The number of benzene rings is 2. The number of aryl methyl sites for hydroxylation is 1. The Kier molecular flexibility index (Phi) is 7.98. The number of ether oxygens (including phenoxy) is 1. The zero-order valence-corrected chi connectivity index (χ0v) is 14.6. The highest BCUT2D eigenvalue weighted by molar-refractivity contribution is 7.91. The Hall–Kier alpha value is -2.34. The third kappa shape index (κ3) is 7.28. The molecule has 1 N–H and O–H groups in total. The standard InChI is InChI=1S/C16H18O3S.C2H4O2/c1-19-15-9-11-16(12-10-15)20(17,18)13-5-8-14-6-3-2-4-7-14;1-2(3)4/h2-4,6-7,9-12H,5,8,13H2,1H3;1H3,(H,3,4). The first-order valence-corrected chi connectivity index (χ1v) is 9.10. The second kappa shape index (κ2) is 9.72. The van der Waals surface area contributed by atoms with E-state index in [0.717, 1.165) is 18.9 Å². The van der Waals surface area contributed by atoms with E-state index >= 15 is 0 Å². The first kappa shape index (κ1) is 19.7. The highest BCUT2D eigenvalue weighted by Crippen LogP contribution is 2.17. The summed E-state index contributed by atoms with van der Waals surface area (Å²) in [5.41, 5.74) is 1.16. The van der Waals surface area contributed by atoms with Crippen molar-refractivity contribution in [2.24, 2.45) is 0 Å². The first-order valence-electron chi connectivity index (χ1n) is 7.45. The molecule has 0 aliphatic carbocycles. The molecule has 0 radical (unpaired) electrons. The van der Waals surface area contributed by atoms with Crippen molar-refractivity contribution in [3.05, 3.63) is 60.2 Å². The number of carboxylic acids is 1. The Morgan fingerprint density at radius 3 is 2.08 bits per heavy atom. The molecule has 2 rings (SSSR count). The summed E-state index contributed by atoms with van der Waals surface area (Å²) in [6, 6.07) is 16.4. The van der Waals surface area contributed by atoms with Gasteiger partial charge in [0.15, 0.2) is 9.84 Å². The van der Waals surface area contributed by atoms with E-state index in [1.165, 1.54) is 0 Å². The number of carbonyl (C=O) groups is 1. The minimum absolute atomic E-state index is 0.161. The van der Waals surface area contributed by atoms with E-state index in [2.05, 4.69) is 0 Å². The van der Waals surface area contributed by atoms with Crippen LogP contribution in [0.2, 0.25) is 0 Å². The lowest BCUT2D eigenvalue weighted by Crippen LogP contribution is -2.07. The van der Waals surface area contributed by atoms with Gasteiger partial charge in [-0.3, -0.25) is 4.79 Å². The number of carboxylic acid groups (broad SMARTS) is 1. The van der Waals surface area contributed by atoms with Gasteiger partial charge in [-0.15, -0.1) is 0 Å². The molecule has 0 bridgehead atoms. The van der Waals surface area contributed by atoms with E-state index in [0.29, 0.717) is 17.1 Å². The van der Waals surface area contributed by atoms with Crippen molar-refractivity contribution < 1.29 is 23.1 Å². The molecular formula is C18H22O5S. The molecule has 0 saturated carbocycles. The summed E-state index contributed by atoms with van der Waals surface area (Å²) in [5, 5.41) is 7.42. The van der Waals surface area contributed by atoms with Crippen LogP contribution in [0.3, 0.4) is 0 Å². The Morgan fingerprint density at radius 1 is 1.04 bits per heavy atom. The van der Waals surface area contributed by atoms with Crippen LogP contribution in [0.25, 0.3) is 0 Å². The maximum absolute atomic E-state index is 12.2. The lowest BCUT2D eigenvalue weighted by Gasteiger charge is -2.06. The summed E-state index contributed by atoms with van der Waals surface area (Å²) in [6.45, 7) is 1.08. The average molecular weight is 350 g/mol. The normalized spacial score (nSPS) is 10.4. The molecule has 0 amide bonds. The maximum Gasteiger partial charge on any atom is 0.300 e. The van der Waals surface area contributed by atoms with Gasteiger partial charge in [-0.2, -0.15) is 0 Å². The second-order valence-electron chi connectivity index (χ2n) is 5.10. The van der Waals surface area contributed by atoms with Gasteiger partial charge in [0, 0.05) is 6.92 Å². The van der Waals surface area contributed by atoms with E-state index in [-0.39, 0.29) is 5.75 Å². The summed E-state index contributed by atoms with van der Waals surface area (Å²) >= 11 is 0. The van der Waals surface area contributed by atoms with Crippen molar-refractivity contribution in [3.63, 3.8) is 0 Å². The maximum atomic E-state index is 12.2. The van der Waals surface area contributed by atoms with Gasteiger partial charge in [0.2, 0.25) is 0 Å². The van der Waals surface area contributed by atoms with Crippen LogP contribution >= 0.6 is 0 Å². The number of aliphatic carboxylic acids is 1. The predicted octanol–water partition coefficient (Wildman–Crippen LogP) is 3.19. The lowest BCUT2D eigenvalue weighted by molar-refractivity contribution is -0.134. The SMILES string of the molecule is CC(=O)O.COc1ccc(S(=O)(=O)CCCc2ccccc2)cc1. The minimum Gasteiger partial charge on any atom is -0.497 e. The molecule has 0 unspecified atom stereocenters. The Labute approximate surface area is 142 Å². The minimum atomic E-state index is -3.21. The molecule has 0 fully saturated rings. The Balaban J connectivity index is 0.000000648. The van der Waals surface area contributed by atoms with Gasteiger partial charge in [0.05, 0.1) is 17.8 Å². The number of hydrogen-bond donors (Lipinski definition) is 1. The smallest absolute Gasteiger partial charge is 0.300 e. The van der Waals surface area contributed by atoms with Crippen LogP contribution in [-0.2, 0) is 21.1 Å². The fourth-order valence-corrected chi connectivity index (χ4v) is 3.32. The monoisotopic (exact) mass is 350 g/mol. The predicted molar refractivity (Wildman–Crippen MR) is 93.1 cm³/mol. The molecule has 6 heteroatoms. The van der Waals surface area contributed by atoms with E-state index in [4.69, 9.17) is 14.6 Å². The third-order valence-corrected chi connectivity index (χ3v) is 4.96. The van der Waals surface area contributed by atoms with E-state index < -0.39 is 15.8 Å². The molecule has 24 heavy (non-hydrogen) atoms. The van der Waals surface area contributed by atoms with Gasteiger partial charge in [-0.05, 0) is 42.7 Å². The van der Waals surface area contributed by atoms with Crippen molar-refractivity contribution in [1.82, 2.24) is 0 Å². The Morgan fingerprint density at radius 2 is 1.58 bits per heavy atom. The topological polar surface area (TPSA) is 80.7 Å². The van der Waals surface area contributed by atoms with Gasteiger partial charge < -0.3 is 9.84 Å². The lowest BCUT2D eigenvalue weighted by atomic mass is 10.1. The molecule has 0 aliphatic rings. The van der Waals surface area contributed by atoms with Gasteiger partial charge in [-0.1, -0.05) is 30.3 Å². The molecular weight excluding hydrogens is 328 g/mol. The quantitative estimate of drug-likeness (QED) is 0.865. The van der Waals surface area contributed by atoms with Gasteiger partial charge in [0.25, 0.3) is 5.97 Å². The molecule has 0 atom stereocenters. The highest BCUT2D eigenvalue weighted by atomic mass is 32.2. The number of rotatable bonds is 6. The van der Waals surface area contributed by atoms with Gasteiger partial charge in [-0.25, -0.2) is 8.42 Å². The molecule has 0 spiro atoms. The zero-order valence-electron chi connectivity index (χ0n) is 13.8. The number of methoxy groups -OCH3 is 1. The van der Waals surface area contributed by atoms with Crippen molar-refractivity contribution in [3.8, 4) is 5.75 Å². The molecule has 2 aromatic rings. The van der Waals surface area contributed by atoms with Crippen LogP contribution in [0.5, 0.6) is 5.75 Å². The number of hydrogen-bond acceptors (Lipinski definition) is 4. The van der Waals surface area contributed by atoms with Crippen molar-refractivity contribution in [1.29, 1.82) is 0 Å².